The zero-order valence-corrected chi connectivity index (χ0v) is 42.3. The first kappa shape index (κ1) is 57.2. The number of carbonyl (C=O) groups is 2. The van der Waals surface area contributed by atoms with Crippen LogP contribution in [0, 0.1) is 0 Å². The summed E-state index contributed by atoms with van der Waals surface area (Å²) in [6.07, 6.45) is 43.9. The van der Waals surface area contributed by atoms with E-state index in [1.807, 2.05) is 6.08 Å². The van der Waals surface area contributed by atoms with Gasteiger partial charge in [0.15, 0.2) is 11.6 Å². The Morgan fingerprint density at radius 2 is 0.556 bits per heavy atom. The Bertz CT molecular complexity index is 1840. The van der Waals surface area contributed by atoms with Gasteiger partial charge in [-0.1, -0.05) is 116 Å². The normalized spacial score (nSPS) is 16.0. The summed E-state index contributed by atoms with van der Waals surface area (Å²) in [5.74, 6) is -0.678. The Kier molecular flexibility index (Phi) is 30.5. The standard InChI is InChI=1S/C59H90O4/c1-44(2)22-13-23-45(3)24-14-25-46(4)26-15-27-47(5)28-16-29-48(6)30-17-31-49(7)32-18-33-50(8)34-19-35-51(9)36-20-37-52(10)38-21-39-53(11)40-41-55-54(12)58(62)56(42-60)57(43-61)59(55)63/h22,24,26,28,30,32,34,36,38,40,60-61H,13-21,23,25,27,29,31,33,35,37,39,41-43H2,1-12H3/b45-24+,46-26+,47-28+,48-30+,49-32+,50-34+,51-36+,52-38+,53-40?. The summed E-state index contributed by atoms with van der Waals surface area (Å²) in [6.45, 7) is 25.1. The fraction of sp³-hybridized carbons (Fsp3) is 0.559. The molecule has 0 saturated carbocycles. The van der Waals surface area contributed by atoms with Gasteiger partial charge in [0.2, 0.25) is 0 Å². The summed E-state index contributed by atoms with van der Waals surface area (Å²) in [6, 6.07) is 0. The molecule has 0 spiro atoms. The average molecular weight is 863 g/mol. The maximum Gasteiger partial charge on any atom is 0.188 e. The van der Waals surface area contributed by atoms with Crippen molar-refractivity contribution in [2.75, 3.05) is 13.2 Å². The van der Waals surface area contributed by atoms with Crippen molar-refractivity contribution in [3.05, 3.63) is 139 Å². The van der Waals surface area contributed by atoms with E-state index < -0.39 is 13.2 Å². The zero-order valence-electron chi connectivity index (χ0n) is 42.3. The molecule has 63 heavy (non-hydrogen) atoms. The molecule has 0 radical (unpaired) electrons. The number of rotatable bonds is 31. The van der Waals surface area contributed by atoms with Gasteiger partial charge in [-0.25, -0.2) is 0 Å². The van der Waals surface area contributed by atoms with Crippen molar-refractivity contribution < 1.29 is 19.8 Å². The largest absolute Gasteiger partial charge is 0.392 e. The van der Waals surface area contributed by atoms with E-state index in [4.69, 9.17) is 0 Å². The number of hydrogen-bond acceptors (Lipinski definition) is 4. The molecule has 0 atom stereocenters. The molecule has 350 valence electrons. The number of Topliss-reactive ketones (excluding diaryl/α,β-unsaturated/α-hetero) is 2. The molecule has 0 fully saturated rings. The van der Waals surface area contributed by atoms with Crippen LogP contribution in [0.4, 0.5) is 0 Å². The van der Waals surface area contributed by atoms with Crippen LogP contribution in [0.3, 0.4) is 0 Å². The lowest BCUT2D eigenvalue weighted by Gasteiger charge is -2.20. The summed E-state index contributed by atoms with van der Waals surface area (Å²) in [7, 11) is 0. The smallest absolute Gasteiger partial charge is 0.188 e. The highest BCUT2D eigenvalue weighted by molar-refractivity contribution is 6.25. The van der Waals surface area contributed by atoms with Crippen LogP contribution in [0.25, 0.3) is 0 Å². The third-order valence-electron chi connectivity index (χ3n) is 12.3. The van der Waals surface area contributed by atoms with E-state index in [1.54, 1.807) is 6.92 Å². The number of allylic oxidation sites excluding steroid dienone is 22. The third kappa shape index (κ3) is 26.5. The lowest BCUT2D eigenvalue weighted by Crippen LogP contribution is -2.26. The van der Waals surface area contributed by atoms with Crippen LogP contribution in [0.15, 0.2) is 139 Å². The first-order valence-corrected chi connectivity index (χ1v) is 24.3. The highest BCUT2D eigenvalue weighted by Crippen LogP contribution is 2.28. The van der Waals surface area contributed by atoms with Crippen LogP contribution >= 0.6 is 0 Å². The van der Waals surface area contributed by atoms with Crippen LogP contribution in [0.5, 0.6) is 0 Å². The number of hydrogen-bond donors (Lipinski definition) is 2. The minimum atomic E-state index is -0.540. The van der Waals surface area contributed by atoms with E-state index in [1.165, 1.54) is 63.0 Å². The van der Waals surface area contributed by atoms with Crippen molar-refractivity contribution in [1.82, 2.24) is 0 Å². The molecule has 0 bridgehead atoms. The monoisotopic (exact) mass is 863 g/mol. The van der Waals surface area contributed by atoms with E-state index in [-0.39, 0.29) is 22.7 Å². The molecule has 4 heteroatoms. The number of carbonyl (C=O) groups excluding carboxylic acids is 2. The molecular formula is C59H90O4. The third-order valence-corrected chi connectivity index (χ3v) is 12.3. The molecule has 1 aliphatic carbocycles. The van der Waals surface area contributed by atoms with Crippen LogP contribution < -0.4 is 0 Å². The molecule has 2 N–H and O–H groups in total. The predicted molar refractivity (Wildman–Crippen MR) is 275 cm³/mol. The first-order valence-electron chi connectivity index (χ1n) is 24.3. The quantitative estimate of drug-likeness (QED) is 0.0538. The van der Waals surface area contributed by atoms with Crippen molar-refractivity contribution in [2.45, 2.75) is 205 Å². The number of aliphatic hydroxyl groups is 2. The summed E-state index contributed by atoms with van der Waals surface area (Å²) in [5, 5.41) is 19.1. The second kappa shape index (κ2) is 33.6. The molecule has 0 unspecified atom stereocenters. The Morgan fingerprint density at radius 3 is 0.794 bits per heavy atom. The summed E-state index contributed by atoms with van der Waals surface area (Å²) >= 11 is 0. The molecule has 0 saturated heterocycles. The molecule has 4 nitrogen and oxygen atoms in total. The predicted octanol–water partition coefficient (Wildman–Crippen LogP) is 16.6. The van der Waals surface area contributed by atoms with Gasteiger partial charge >= 0.3 is 0 Å². The van der Waals surface area contributed by atoms with E-state index in [0.29, 0.717) is 17.6 Å². The van der Waals surface area contributed by atoms with Crippen LogP contribution in [0.2, 0.25) is 0 Å². The van der Waals surface area contributed by atoms with Crippen molar-refractivity contribution in [3.63, 3.8) is 0 Å². The zero-order chi connectivity index (χ0) is 47.2. The fourth-order valence-corrected chi connectivity index (χ4v) is 7.72. The molecule has 0 heterocycles. The summed E-state index contributed by atoms with van der Waals surface area (Å²) in [4.78, 5) is 25.4. The minimum absolute atomic E-state index is 0.0156. The molecular weight excluding hydrogens is 773 g/mol. The van der Waals surface area contributed by atoms with Crippen molar-refractivity contribution in [3.8, 4) is 0 Å². The summed E-state index contributed by atoms with van der Waals surface area (Å²) < 4.78 is 0. The first-order chi connectivity index (χ1) is 30.0. The van der Waals surface area contributed by atoms with E-state index in [2.05, 4.69) is 131 Å². The Hall–Kier alpha value is -3.86. The van der Waals surface area contributed by atoms with Gasteiger partial charge in [0.05, 0.1) is 13.2 Å². The van der Waals surface area contributed by atoms with Gasteiger partial charge in [-0.2, -0.15) is 0 Å². The minimum Gasteiger partial charge on any atom is -0.392 e. The SMILES string of the molecule is CC(C)=CCC/C(C)=C/CC/C(C)=C/CC/C(C)=C/CC/C(C)=C/CC/C(C)=C/CC/C(C)=C/CC/C(C)=C/CC/C(C)=C/CCC(C)=CCC1=C(C)C(=O)C(CO)=C(CO)C1=O. The number of ketones is 2. The van der Waals surface area contributed by atoms with Gasteiger partial charge < -0.3 is 10.2 Å². The molecule has 1 rings (SSSR count). The van der Waals surface area contributed by atoms with Crippen molar-refractivity contribution in [1.29, 1.82) is 0 Å². The van der Waals surface area contributed by atoms with E-state index in [9.17, 15) is 19.8 Å². The molecule has 0 aromatic carbocycles. The molecule has 1 aliphatic rings. The second-order valence-corrected chi connectivity index (χ2v) is 18.8. The van der Waals surface area contributed by atoms with Crippen molar-refractivity contribution in [2.24, 2.45) is 0 Å². The van der Waals surface area contributed by atoms with E-state index in [0.717, 1.165) is 108 Å². The van der Waals surface area contributed by atoms with Gasteiger partial charge in [0.25, 0.3) is 0 Å². The maximum absolute atomic E-state index is 12.8. The Balaban J connectivity index is 2.31. The highest BCUT2D eigenvalue weighted by atomic mass is 16.3. The lowest BCUT2D eigenvalue weighted by molar-refractivity contribution is -0.117. The Morgan fingerprint density at radius 1 is 0.333 bits per heavy atom. The molecule has 0 aliphatic heterocycles. The van der Waals surface area contributed by atoms with Gasteiger partial charge in [-0.15, -0.1) is 0 Å². The van der Waals surface area contributed by atoms with Crippen LogP contribution in [0.1, 0.15) is 205 Å². The van der Waals surface area contributed by atoms with E-state index >= 15 is 0 Å². The molecule has 0 aromatic rings. The van der Waals surface area contributed by atoms with Gasteiger partial charge in [-0.05, 0) is 205 Å². The second-order valence-electron chi connectivity index (χ2n) is 18.8. The maximum atomic E-state index is 12.8. The summed E-state index contributed by atoms with van der Waals surface area (Å²) in [5.41, 5.74) is 15.3. The van der Waals surface area contributed by atoms with Gasteiger partial charge in [0.1, 0.15) is 0 Å². The lowest BCUT2D eigenvalue weighted by atomic mass is 9.83. The van der Waals surface area contributed by atoms with Crippen LogP contribution in [-0.2, 0) is 9.59 Å². The average Bonchev–Trinajstić information content (AvgIpc) is 3.21. The van der Waals surface area contributed by atoms with Gasteiger partial charge in [-0.3, -0.25) is 9.59 Å². The highest BCUT2D eigenvalue weighted by Gasteiger charge is 2.30. The van der Waals surface area contributed by atoms with Gasteiger partial charge in [0, 0.05) is 22.3 Å². The topological polar surface area (TPSA) is 74.6 Å². The number of aliphatic hydroxyl groups excluding tert-OH is 2. The van der Waals surface area contributed by atoms with Crippen molar-refractivity contribution >= 4 is 11.6 Å². The molecule has 0 amide bonds. The van der Waals surface area contributed by atoms with Crippen LogP contribution in [-0.4, -0.2) is 35.0 Å². The molecule has 0 aromatic heterocycles. The fourth-order valence-electron chi connectivity index (χ4n) is 7.72. The Labute approximate surface area is 387 Å².